The maximum Gasteiger partial charge on any atom is 0.124 e. The summed E-state index contributed by atoms with van der Waals surface area (Å²) < 4.78 is 1.12. The Labute approximate surface area is 119 Å². The first-order valence-electron chi connectivity index (χ1n) is 5.46. The standard InChI is InChI=1S/C13H14BrN3S/c1-17(8-12-10(14)6-7-18-12)11-5-3-2-4-9(11)13(15)16/h2-7H,8H2,1H3,(H3,15,16). The number of amidine groups is 1. The van der Waals surface area contributed by atoms with Crippen molar-refractivity contribution in [2.24, 2.45) is 5.73 Å². The number of nitrogens with two attached hydrogens (primary N) is 1. The summed E-state index contributed by atoms with van der Waals surface area (Å²) in [5, 5.41) is 9.67. The van der Waals surface area contributed by atoms with Crippen LogP contribution in [0.15, 0.2) is 40.2 Å². The lowest BCUT2D eigenvalue weighted by Crippen LogP contribution is -2.21. The van der Waals surface area contributed by atoms with E-state index in [1.165, 1.54) is 4.88 Å². The van der Waals surface area contributed by atoms with E-state index in [9.17, 15) is 0 Å². The summed E-state index contributed by atoms with van der Waals surface area (Å²) in [6.07, 6.45) is 0. The van der Waals surface area contributed by atoms with Gasteiger partial charge in [-0.1, -0.05) is 12.1 Å². The molecule has 0 amide bonds. The minimum atomic E-state index is 0.0997. The Hall–Kier alpha value is -1.33. The zero-order valence-corrected chi connectivity index (χ0v) is 12.4. The summed E-state index contributed by atoms with van der Waals surface area (Å²) in [6, 6.07) is 9.76. The van der Waals surface area contributed by atoms with Gasteiger partial charge in [-0.25, -0.2) is 0 Å². The summed E-state index contributed by atoms with van der Waals surface area (Å²) in [4.78, 5) is 3.36. The molecular formula is C13H14BrN3S. The van der Waals surface area contributed by atoms with E-state index in [0.717, 1.165) is 22.3 Å². The third-order valence-electron chi connectivity index (χ3n) is 2.68. The zero-order valence-electron chi connectivity index (χ0n) is 9.98. The molecule has 0 radical (unpaired) electrons. The van der Waals surface area contributed by atoms with Crippen molar-refractivity contribution in [1.29, 1.82) is 5.41 Å². The molecule has 0 atom stereocenters. The fourth-order valence-corrected chi connectivity index (χ4v) is 3.30. The van der Waals surface area contributed by atoms with Crippen LogP contribution in [-0.2, 0) is 6.54 Å². The molecule has 0 unspecified atom stereocenters. The topological polar surface area (TPSA) is 53.1 Å². The number of hydrogen-bond donors (Lipinski definition) is 2. The van der Waals surface area contributed by atoms with E-state index in [1.54, 1.807) is 11.3 Å². The van der Waals surface area contributed by atoms with Crippen molar-refractivity contribution in [2.75, 3.05) is 11.9 Å². The van der Waals surface area contributed by atoms with Crippen LogP contribution in [0.25, 0.3) is 0 Å². The molecule has 2 rings (SSSR count). The van der Waals surface area contributed by atoms with Crippen LogP contribution < -0.4 is 10.6 Å². The first-order chi connectivity index (χ1) is 8.59. The molecular weight excluding hydrogens is 310 g/mol. The second kappa shape index (κ2) is 5.54. The molecule has 0 saturated heterocycles. The molecule has 94 valence electrons. The third-order valence-corrected chi connectivity index (χ3v) is 4.59. The van der Waals surface area contributed by atoms with Gasteiger partial charge < -0.3 is 10.6 Å². The highest BCUT2D eigenvalue weighted by atomic mass is 79.9. The van der Waals surface area contributed by atoms with Gasteiger partial charge in [0.1, 0.15) is 5.84 Å². The fraction of sp³-hybridized carbons (Fsp3) is 0.154. The van der Waals surface area contributed by atoms with Crippen molar-refractivity contribution >= 4 is 38.8 Å². The van der Waals surface area contributed by atoms with E-state index >= 15 is 0 Å². The number of anilines is 1. The molecule has 0 bridgehead atoms. The Morgan fingerprint density at radius 3 is 2.72 bits per heavy atom. The van der Waals surface area contributed by atoms with Crippen LogP contribution in [0.5, 0.6) is 0 Å². The Kier molecular flexibility index (Phi) is 4.04. The summed E-state index contributed by atoms with van der Waals surface area (Å²) in [7, 11) is 2.01. The van der Waals surface area contributed by atoms with Gasteiger partial charge in [0.25, 0.3) is 0 Å². The van der Waals surface area contributed by atoms with Gasteiger partial charge in [0.15, 0.2) is 0 Å². The number of thiophene rings is 1. The number of nitrogens with one attached hydrogen (secondary N) is 1. The highest BCUT2D eigenvalue weighted by Crippen LogP contribution is 2.27. The number of hydrogen-bond acceptors (Lipinski definition) is 3. The molecule has 18 heavy (non-hydrogen) atoms. The maximum absolute atomic E-state index is 7.61. The van der Waals surface area contributed by atoms with E-state index in [4.69, 9.17) is 11.1 Å². The van der Waals surface area contributed by atoms with Crippen LogP contribution in [0, 0.1) is 5.41 Å². The minimum absolute atomic E-state index is 0.0997. The second-order valence-electron chi connectivity index (χ2n) is 3.98. The van der Waals surface area contributed by atoms with Gasteiger partial charge in [0.2, 0.25) is 0 Å². The average molecular weight is 324 g/mol. The lowest BCUT2D eigenvalue weighted by Gasteiger charge is -2.21. The molecule has 1 aromatic heterocycles. The molecule has 1 aromatic carbocycles. The van der Waals surface area contributed by atoms with Crippen LogP contribution in [0.2, 0.25) is 0 Å². The summed E-state index contributed by atoms with van der Waals surface area (Å²) in [5.41, 5.74) is 7.35. The van der Waals surface area contributed by atoms with Crippen LogP contribution >= 0.6 is 27.3 Å². The SMILES string of the molecule is CN(Cc1sccc1Br)c1ccccc1C(=N)N. The predicted octanol–water partition coefficient (Wildman–Crippen LogP) is 3.43. The zero-order chi connectivity index (χ0) is 13.1. The van der Waals surface area contributed by atoms with Crippen molar-refractivity contribution in [2.45, 2.75) is 6.54 Å². The molecule has 0 spiro atoms. The number of rotatable bonds is 4. The second-order valence-corrected chi connectivity index (χ2v) is 5.83. The maximum atomic E-state index is 7.61. The number of halogens is 1. The molecule has 0 aliphatic carbocycles. The fourth-order valence-electron chi connectivity index (χ4n) is 1.77. The van der Waals surface area contributed by atoms with Crippen molar-refractivity contribution in [3.8, 4) is 0 Å². The summed E-state index contributed by atoms with van der Waals surface area (Å²) >= 11 is 5.24. The number of nitrogen functional groups attached to an aromatic ring is 1. The highest BCUT2D eigenvalue weighted by Gasteiger charge is 2.11. The Bertz CT molecular complexity index is 565. The number of nitrogens with zero attached hydrogens (tertiary/aromatic N) is 1. The van der Waals surface area contributed by atoms with Crippen LogP contribution in [0.4, 0.5) is 5.69 Å². The van der Waals surface area contributed by atoms with E-state index < -0.39 is 0 Å². The van der Waals surface area contributed by atoms with Crippen molar-refractivity contribution < 1.29 is 0 Å². The van der Waals surface area contributed by atoms with Gasteiger partial charge in [-0.3, -0.25) is 5.41 Å². The Balaban J connectivity index is 2.26. The van der Waals surface area contributed by atoms with Gasteiger partial charge in [-0.15, -0.1) is 11.3 Å². The summed E-state index contributed by atoms with van der Waals surface area (Å²) in [6.45, 7) is 0.794. The number of para-hydroxylation sites is 1. The van der Waals surface area contributed by atoms with E-state index in [1.807, 2.05) is 37.4 Å². The monoisotopic (exact) mass is 323 g/mol. The van der Waals surface area contributed by atoms with Crippen LogP contribution in [0.1, 0.15) is 10.4 Å². The van der Waals surface area contributed by atoms with Gasteiger partial charge in [0, 0.05) is 27.6 Å². The van der Waals surface area contributed by atoms with Gasteiger partial charge in [-0.2, -0.15) is 0 Å². The molecule has 0 fully saturated rings. The Morgan fingerprint density at radius 1 is 1.39 bits per heavy atom. The third kappa shape index (κ3) is 2.73. The molecule has 5 heteroatoms. The van der Waals surface area contributed by atoms with E-state index in [-0.39, 0.29) is 5.84 Å². The normalized spacial score (nSPS) is 10.3. The first-order valence-corrected chi connectivity index (χ1v) is 7.13. The van der Waals surface area contributed by atoms with Gasteiger partial charge >= 0.3 is 0 Å². The van der Waals surface area contributed by atoms with E-state index in [2.05, 4.69) is 26.2 Å². The first kappa shape index (κ1) is 13.1. The quantitative estimate of drug-likeness (QED) is 0.669. The highest BCUT2D eigenvalue weighted by molar-refractivity contribution is 9.10. The molecule has 3 nitrogen and oxygen atoms in total. The molecule has 0 saturated carbocycles. The lowest BCUT2D eigenvalue weighted by molar-refractivity contribution is 0.934. The van der Waals surface area contributed by atoms with E-state index in [0.29, 0.717) is 0 Å². The molecule has 0 aliphatic rings. The molecule has 0 aliphatic heterocycles. The smallest absolute Gasteiger partial charge is 0.124 e. The van der Waals surface area contributed by atoms with Crippen LogP contribution in [0.3, 0.4) is 0 Å². The van der Waals surface area contributed by atoms with Crippen LogP contribution in [-0.4, -0.2) is 12.9 Å². The molecule has 2 aromatic rings. The molecule has 3 N–H and O–H groups in total. The number of benzene rings is 1. The average Bonchev–Trinajstić information content (AvgIpc) is 2.75. The molecule has 1 heterocycles. The van der Waals surface area contributed by atoms with Crippen molar-refractivity contribution in [1.82, 2.24) is 0 Å². The van der Waals surface area contributed by atoms with Gasteiger partial charge in [-0.05, 0) is 39.5 Å². The predicted molar refractivity (Wildman–Crippen MR) is 81.6 cm³/mol. The van der Waals surface area contributed by atoms with Gasteiger partial charge in [0.05, 0.1) is 6.54 Å². The lowest BCUT2D eigenvalue weighted by atomic mass is 10.1. The van der Waals surface area contributed by atoms with Crippen molar-refractivity contribution in [3.63, 3.8) is 0 Å². The van der Waals surface area contributed by atoms with Crippen molar-refractivity contribution in [3.05, 3.63) is 50.6 Å². The summed E-state index contributed by atoms with van der Waals surface area (Å²) in [5.74, 6) is 0.0997. The minimum Gasteiger partial charge on any atom is -0.384 e. The largest absolute Gasteiger partial charge is 0.384 e. The Morgan fingerprint density at radius 2 is 2.11 bits per heavy atom.